The zero-order valence-corrected chi connectivity index (χ0v) is 13.4. The molecule has 0 spiro atoms. The van der Waals surface area contributed by atoms with Gasteiger partial charge in [0.1, 0.15) is 0 Å². The van der Waals surface area contributed by atoms with Crippen LogP contribution in [0.1, 0.15) is 54.4 Å². The number of likely N-dealkylation sites (tertiary alicyclic amines) is 1. The van der Waals surface area contributed by atoms with E-state index in [4.69, 9.17) is 0 Å². The molecule has 1 atom stereocenters. The lowest BCUT2D eigenvalue weighted by Crippen LogP contribution is -2.50. The largest absolute Gasteiger partial charge is 0.312 e. The second-order valence-electron chi connectivity index (χ2n) is 7.36. The summed E-state index contributed by atoms with van der Waals surface area (Å²) in [6.07, 6.45) is 2.78. The standard InChI is InChI=1S/C16H34N2/c1-7-17-15(16(4,5)6)12-18-10-8-14(9-11-18)13(2)3/h13-15,17H,7-12H2,1-6H3. The van der Waals surface area contributed by atoms with E-state index in [0.717, 1.165) is 18.4 Å². The third-order valence-electron chi connectivity index (χ3n) is 4.51. The summed E-state index contributed by atoms with van der Waals surface area (Å²) in [5, 5.41) is 3.66. The lowest BCUT2D eigenvalue weighted by molar-refractivity contribution is 0.119. The first kappa shape index (κ1) is 16.0. The van der Waals surface area contributed by atoms with Crippen molar-refractivity contribution in [1.82, 2.24) is 10.2 Å². The normalized spacial score (nSPS) is 21.5. The summed E-state index contributed by atoms with van der Waals surface area (Å²) in [4.78, 5) is 2.66. The van der Waals surface area contributed by atoms with E-state index < -0.39 is 0 Å². The highest BCUT2D eigenvalue weighted by atomic mass is 15.2. The molecule has 1 unspecified atom stereocenters. The molecule has 1 N–H and O–H groups in total. The first-order valence-corrected chi connectivity index (χ1v) is 7.80. The van der Waals surface area contributed by atoms with Gasteiger partial charge in [-0.05, 0) is 49.7 Å². The van der Waals surface area contributed by atoms with Crippen molar-refractivity contribution in [3.63, 3.8) is 0 Å². The quantitative estimate of drug-likeness (QED) is 0.809. The van der Waals surface area contributed by atoms with Gasteiger partial charge >= 0.3 is 0 Å². The molecule has 1 aliphatic rings. The highest BCUT2D eigenvalue weighted by Crippen LogP contribution is 2.26. The monoisotopic (exact) mass is 254 g/mol. The summed E-state index contributed by atoms with van der Waals surface area (Å²) >= 11 is 0. The Morgan fingerprint density at radius 2 is 1.72 bits per heavy atom. The second-order valence-corrected chi connectivity index (χ2v) is 7.36. The SMILES string of the molecule is CCNC(CN1CCC(C(C)C)CC1)C(C)(C)C. The third kappa shape index (κ3) is 4.89. The van der Waals surface area contributed by atoms with E-state index >= 15 is 0 Å². The highest BCUT2D eigenvalue weighted by Gasteiger charge is 2.28. The molecule has 2 heteroatoms. The van der Waals surface area contributed by atoms with Crippen LogP contribution in [0.2, 0.25) is 0 Å². The predicted molar refractivity (Wildman–Crippen MR) is 80.9 cm³/mol. The van der Waals surface area contributed by atoms with Gasteiger partial charge in [0.15, 0.2) is 0 Å². The van der Waals surface area contributed by atoms with Crippen molar-refractivity contribution in [2.75, 3.05) is 26.2 Å². The Bertz CT molecular complexity index is 222. The third-order valence-corrected chi connectivity index (χ3v) is 4.51. The fourth-order valence-electron chi connectivity index (χ4n) is 2.95. The van der Waals surface area contributed by atoms with E-state index in [1.165, 1.54) is 32.5 Å². The average molecular weight is 254 g/mol. The number of likely N-dealkylation sites (N-methyl/N-ethyl adjacent to an activating group) is 1. The Morgan fingerprint density at radius 1 is 1.17 bits per heavy atom. The molecule has 1 rings (SSSR count). The summed E-state index contributed by atoms with van der Waals surface area (Å²) < 4.78 is 0. The fraction of sp³-hybridized carbons (Fsp3) is 1.00. The smallest absolute Gasteiger partial charge is 0.0243 e. The average Bonchev–Trinajstić information content (AvgIpc) is 2.28. The van der Waals surface area contributed by atoms with E-state index in [9.17, 15) is 0 Å². The molecular weight excluding hydrogens is 220 g/mol. The maximum Gasteiger partial charge on any atom is 0.0243 e. The van der Waals surface area contributed by atoms with E-state index in [-0.39, 0.29) is 0 Å². The van der Waals surface area contributed by atoms with Gasteiger partial charge in [0.2, 0.25) is 0 Å². The van der Waals surface area contributed by atoms with Gasteiger partial charge in [-0.15, -0.1) is 0 Å². The maximum atomic E-state index is 3.66. The molecule has 108 valence electrons. The molecule has 0 aromatic heterocycles. The summed E-state index contributed by atoms with van der Waals surface area (Å²) in [5.74, 6) is 1.81. The van der Waals surface area contributed by atoms with Crippen molar-refractivity contribution >= 4 is 0 Å². The number of piperidine rings is 1. The van der Waals surface area contributed by atoms with E-state index in [1.54, 1.807) is 0 Å². The zero-order valence-electron chi connectivity index (χ0n) is 13.4. The number of hydrogen-bond acceptors (Lipinski definition) is 2. The second kappa shape index (κ2) is 6.91. The Hall–Kier alpha value is -0.0800. The minimum atomic E-state index is 0.352. The molecule has 0 bridgehead atoms. The van der Waals surface area contributed by atoms with Crippen LogP contribution in [0.3, 0.4) is 0 Å². The zero-order chi connectivity index (χ0) is 13.8. The van der Waals surface area contributed by atoms with Crippen LogP contribution in [-0.4, -0.2) is 37.1 Å². The molecule has 0 amide bonds. The number of nitrogens with one attached hydrogen (secondary N) is 1. The van der Waals surface area contributed by atoms with Gasteiger partial charge in [0.05, 0.1) is 0 Å². The van der Waals surface area contributed by atoms with Crippen molar-refractivity contribution in [3.05, 3.63) is 0 Å². The molecule has 1 saturated heterocycles. The van der Waals surface area contributed by atoms with Gasteiger partial charge in [-0.2, -0.15) is 0 Å². The minimum Gasteiger partial charge on any atom is -0.312 e. The lowest BCUT2D eigenvalue weighted by atomic mass is 9.84. The Morgan fingerprint density at radius 3 is 2.11 bits per heavy atom. The lowest BCUT2D eigenvalue weighted by Gasteiger charge is -2.39. The van der Waals surface area contributed by atoms with Gasteiger partial charge in [-0.1, -0.05) is 41.5 Å². The van der Waals surface area contributed by atoms with Crippen molar-refractivity contribution in [3.8, 4) is 0 Å². The Kier molecular flexibility index (Phi) is 6.13. The molecule has 1 heterocycles. The van der Waals surface area contributed by atoms with Crippen LogP contribution in [-0.2, 0) is 0 Å². The van der Waals surface area contributed by atoms with Gasteiger partial charge in [-0.3, -0.25) is 0 Å². The van der Waals surface area contributed by atoms with Gasteiger partial charge in [0.25, 0.3) is 0 Å². The number of hydrogen-bond donors (Lipinski definition) is 1. The van der Waals surface area contributed by atoms with Crippen LogP contribution < -0.4 is 5.32 Å². The molecule has 1 aliphatic heterocycles. The van der Waals surface area contributed by atoms with Crippen molar-refractivity contribution in [2.24, 2.45) is 17.3 Å². The molecule has 0 aliphatic carbocycles. The van der Waals surface area contributed by atoms with Crippen molar-refractivity contribution in [2.45, 2.75) is 60.4 Å². The highest BCUT2D eigenvalue weighted by molar-refractivity contribution is 4.85. The van der Waals surface area contributed by atoms with Gasteiger partial charge < -0.3 is 10.2 Å². The van der Waals surface area contributed by atoms with Crippen molar-refractivity contribution in [1.29, 1.82) is 0 Å². The molecule has 18 heavy (non-hydrogen) atoms. The first-order chi connectivity index (χ1) is 8.34. The van der Waals surface area contributed by atoms with E-state index in [0.29, 0.717) is 11.5 Å². The number of rotatable bonds is 5. The molecule has 0 aromatic rings. The Labute approximate surface area is 115 Å². The van der Waals surface area contributed by atoms with E-state index in [1.807, 2.05) is 0 Å². The molecule has 1 fully saturated rings. The molecule has 2 nitrogen and oxygen atoms in total. The van der Waals surface area contributed by atoms with Crippen LogP contribution in [0.4, 0.5) is 0 Å². The van der Waals surface area contributed by atoms with Crippen LogP contribution in [0.15, 0.2) is 0 Å². The summed E-state index contributed by atoms with van der Waals surface area (Å²) in [7, 11) is 0. The van der Waals surface area contributed by atoms with E-state index in [2.05, 4.69) is 51.8 Å². The predicted octanol–water partition coefficient (Wildman–Crippen LogP) is 3.38. The molecule has 0 aromatic carbocycles. The maximum absolute atomic E-state index is 3.66. The fourth-order valence-corrected chi connectivity index (χ4v) is 2.95. The summed E-state index contributed by atoms with van der Waals surface area (Å²) in [6, 6.07) is 0.609. The topological polar surface area (TPSA) is 15.3 Å². The summed E-state index contributed by atoms with van der Waals surface area (Å²) in [5.41, 5.74) is 0.352. The summed E-state index contributed by atoms with van der Waals surface area (Å²) in [6.45, 7) is 18.9. The van der Waals surface area contributed by atoms with Crippen LogP contribution in [0, 0.1) is 17.3 Å². The molecule has 0 saturated carbocycles. The Balaban J connectivity index is 2.42. The van der Waals surface area contributed by atoms with Gasteiger partial charge in [0, 0.05) is 12.6 Å². The first-order valence-electron chi connectivity index (χ1n) is 7.80. The minimum absolute atomic E-state index is 0.352. The van der Waals surface area contributed by atoms with Crippen LogP contribution >= 0.6 is 0 Å². The van der Waals surface area contributed by atoms with Crippen LogP contribution in [0.5, 0.6) is 0 Å². The van der Waals surface area contributed by atoms with Crippen LogP contribution in [0.25, 0.3) is 0 Å². The molecular formula is C16H34N2. The number of nitrogens with zero attached hydrogens (tertiary/aromatic N) is 1. The molecule has 0 radical (unpaired) electrons. The van der Waals surface area contributed by atoms with Crippen molar-refractivity contribution < 1.29 is 0 Å². The van der Waals surface area contributed by atoms with Gasteiger partial charge in [-0.25, -0.2) is 0 Å².